The minimum atomic E-state index is -0.109. The van der Waals surface area contributed by atoms with Crippen LogP contribution in [0.2, 0.25) is 0 Å². The van der Waals surface area contributed by atoms with E-state index in [1.54, 1.807) is 12.1 Å². The molecule has 1 amide bonds. The predicted octanol–water partition coefficient (Wildman–Crippen LogP) is 1.11. The molecule has 0 bridgehead atoms. The Morgan fingerprint density at radius 3 is 2.93 bits per heavy atom. The van der Waals surface area contributed by atoms with E-state index in [4.69, 9.17) is 17.3 Å². The molecule has 3 N–H and O–H groups in total. The Morgan fingerprint density at radius 2 is 2.29 bits per heavy atom. The maximum atomic E-state index is 11.5. The molecule has 0 aromatic heterocycles. The lowest BCUT2D eigenvalue weighted by Gasteiger charge is -2.04. The van der Waals surface area contributed by atoms with Crippen molar-refractivity contribution >= 4 is 17.5 Å². The summed E-state index contributed by atoms with van der Waals surface area (Å²) >= 11 is 5.66. The fourth-order valence-corrected chi connectivity index (χ4v) is 1.25. The van der Waals surface area contributed by atoms with Gasteiger partial charge >= 0.3 is 0 Å². The number of halogens is 1. The quantitative estimate of drug-likeness (QED) is 0.735. The van der Waals surface area contributed by atoms with Gasteiger partial charge in [-0.1, -0.05) is 12.1 Å². The van der Waals surface area contributed by atoms with E-state index in [-0.39, 0.29) is 5.91 Å². The third kappa shape index (κ3) is 3.01. The molecule has 1 aromatic carbocycles. The monoisotopic (exact) mass is 212 g/mol. The lowest BCUT2D eigenvalue weighted by atomic mass is 10.1. The van der Waals surface area contributed by atoms with Crippen molar-refractivity contribution in [3.63, 3.8) is 0 Å². The van der Waals surface area contributed by atoms with Crippen LogP contribution in [0.1, 0.15) is 15.9 Å². The summed E-state index contributed by atoms with van der Waals surface area (Å²) in [6.45, 7) is 0.935. The molecular formula is C10H13ClN2O. The van der Waals surface area contributed by atoms with Crippen LogP contribution in [-0.4, -0.2) is 19.0 Å². The summed E-state index contributed by atoms with van der Waals surface area (Å²) in [4.78, 5) is 11.5. The van der Waals surface area contributed by atoms with Crippen LogP contribution < -0.4 is 11.1 Å². The fraction of sp³-hybridized carbons (Fsp3) is 0.300. The zero-order valence-corrected chi connectivity index (χ0v) is 8.55. The highest BCUT2D eigenvalue weighted by Gasteiger charge is 2.04. The number of nitrogens with two attached hydrogens (primary N) is 1. The van der Waals surface area contributed by atoms with Gasteiger partial charge in [0.2, 0.25) is 0 Å². The highest BCUT2D eigenvalue weighted by Crippen LogP contribution is 2.07. The SMILES string of the molecule is NCCNC(=O)c1cccc(CCl)c1. The van der Waals surface area contributed by atoms with Crippen LogP contribution in [0.3, 0.4) is 0 Å². The third-order valence-corrected chi connectivity index (χ3v) is 2.08. The molecule has 0 radical (unpaired) electrons. The van der Waals surface area contributed by atoms with Gasteiger partial charge in [0.25, 0.3) is 5.91 Å². The van der Waals surface area contributed by atoms with Crippen LogP contribution in [-0.2, 0) is 5.88 Å². The van der Waals surface area contributed by atoms with Gasteiger partial charge in [-0.05, 0) is 17.7 Å². The van der Waals surface area contributed by atoms with Crippen molar-refractivity contribution in [1.29, 1.82) is 0 Å². The van der Waals surface area contributed by atoms with Crippen LogP contribution in [0.5, 0.6) is 0 Å². The summed E-state index contributed by atoms with van der Waals surface area (Å²) in [7, 11) is 0. The highest BCUT2D eigenvalue weighted by atomic mass is 35.5. The Morgan fingerprint density at radius 1 is 1.50 bits per heavy atom. The number of benzene rings is 1. The highest BCUT2D eigenvalue weighted by molar-refractivity contribution is 6.17. The number of carbonyl (C=O) groups excluding carboxylic acids is 1. The molecule has 0 atom stereocenters. The number of amides is 1. The van der Waals surface area contributed by atoms with Gasteiger partial charge in [-0.3, -0.25) is 4.79 Å². The molecule has 4 heteroatoms. The maximum Gasteiger partial charge on any atom is 0.251 e. The van der Waals surface area contributed by atoms with Crippen molar-refractivity contribution in [2.45, 2.75) is 5.88 Å². The molecule has 3 nitrogen and oxygen atoms in total. The molecular weight excluding hydrogens is 200 g/mol. The molecule has 14 heavy (non-hydrogen) atoms. The number of nitrogens with one attached hydrogen (secondary N) is 1. The summed E-state index contributed by atoms with van der Waals surface area (Å²) in [5.41, 5.74) is 6.83. The van der Waals surface area contributed by atoms with E-state index >= 15 is 0 Å². The summed E-state index contributed by atoms with van der Waals surface area (Å²) < 4.78 is 0. The molecule has 1 aromatic rings. The third-order valence-electron chi connectivity index (χ3n) is 1.77. The number of rotatable bonds is 4. The standard InChI is InChI=1S/C10H13ClN2O/c11-7-8-2-1-3-9(6-8)10(14)13-5-4-12/h1-3,6H,4-5,7,12H2,(H,13,14). The van der Waals surface area contributed by atoms with Crippen molar-refractivity contribution < 1.29 is 4.79 Å². The molecule has 0 saturated heterocycles. The lowest BCUT2D eigenvalue weighted by molar-refractivity contribution is 0.0954. The molecule has 1 rings (SSSR count). The Kier molecular flexibility index (Phi) is 4.43. The summed E-state index contributed by atoms with van der Waals surface area (Å²) in [6, 6.07) is 7.22. The molecule has 0 spiro atoms. The first-order chi connectivity index (χ1) is 6.77. The normalized spacial score (nSPS) is 9.86. The van der Waals surface area contributed by atoms with Crippen LogP contribution in [0, 0.1) is 0 Å². The topological polar surface area (TPSA) is 55.1 Å². The first kappa shape index (κ1) is 11.0. The molecule has 0 aliphatic carbocycles. The average Bonchev–Trinajstić information content (AvgIpc) is 2.26. The first-order valence-corrected chi connectivity index (χ1v) is 4.94. The van der Waals surface area contributed by atoms with E-state index < -0.39 is 0 Å². The summed E-state index contributed by atoms with van der Waals surface area (Å²) in [6.07, 6.45) is 0. The van der Waals surface area contributed by atoms with Crippen molar-refractivity contribution in [1.82, 2.24) is 5.32 Å². The van der Waals surface area contributed by atoms with Crippen molar-refractivity contribution in [3.05, 3.63) is 35.4 Å². The zero-order chi connectivity index (χ0) is 10.4. The second-order valence-electron chi connectivity index (χ2n) is 2.88. The number of alkyl halides is 1. The minimum absolute atomic E-state index is 0.109. The minimum Gasteiger partial charge on any atom is -0.351 e. The summed E-state index contributed by atoms with van der Waals surface area (Å²) in [5.74, 6) is 0.306. The van der Waals surface area contributed by atoms with E-state index in [0.29, 0.717) is 24.5 Å². The van der Waals surface area contributed by atoms with E-state index in [2.05, 4.69) is 5.32 Å². The van der Waals surface area contributed by atoms with Gasteiger partial charge in [0.05, 0.1) is 0 Å². The zero-order valence-electron chi connectivity index (χ0n) is 7.79. The van der Waals surface area contributed by atoms with Crippen LogP contribution in [0.4, 0.5) is 0 Å². The number of hydrogen-bond donors (Lipinski definition) is 2. The molecule has 0 aliphatic rings. The van der Waals surface area contributed by atoms with E-state index in [9.17, 15) is 4.79 Å². The molecule has 0 saturated carbocycles. The van der Waals surface area contributed by atoms with E-state index in [1.165, 1.54) is 0 Å². The number of hydrogen-bond acceptors (Lipinski definition) is 2. The van der Waals surface area contributed by atoms with Gasteiger partial charge < -0.3 is 11.1 Å². The predicted molar refractivity (Wildman–Crippen MR) is 57.4 cm³/mol. The van der Waals surface area contributed by atoms with Crippen molar-refractivity contribution in [3.8, 4) is 0 Å². The van der Waals surface area contributed by atoms with Crippen LogP contribution >= 0.6 is 11.6 Å². The Labute approximate surface area is 88.2 Å². The largest absolute Gasteiger partial charge is 0.351 e. The second kappa shape index (κ2) is 5.62. The Hall–Kier alpha value is -1.06. The van der Waals surface area contributed by atoms with E-state index in [0.717, 1.165) is 5.56 Å². The lowest BCUT2D eigenvalue weighted by Crippen LogP contribution is -2.28. The van der Waals surface area contributed by atoms with Crippen LogP contribution in [0.25, 0.3) is 0 Å². The molecule has 0 heterocycles. The average molecular weight is 213 g/mol. The van der Waals surface area contributed by atoms with Gasteiger partial charge in [-0.25, -0.2) is 0 Å². The Balaban J connectivity index is 2.69. The summed E-state index contributed by atoms with van der Waals surface area (Å²) in [5, 5.41) is 2.69. The van der Waals surface area contributed by atoms with Gasteiger partial charge in [0.15, 0.2) is 0 Å². The first-order valence-electron chi connectivity index (χ1n) is 4.41. The van der Waals surface area contributed by atoms with Crippen molar-refractivity contribution in [2.75, 3.05) is 13.1 Å². The second-order valence-corrected chi connectivity index (χ2v) is 3.15. The molecule has 0 aliphatic heterocycles. The number of carbonyl (C=O) groups is 1. The van der Waals surface area contributed by atoms with Crippen molar-refractivity contribution in [2.24, 2.45) is 5.73 Å². The molecule has 0 unspecified atom stereocenters. The molecule has 0 fully saturated rings. The van der Waals surface area contributed by atoms with Crippen LogP contribution in [0.15, 0.2) is 24.3 Å². The maximum absolute atomic E-state index is 11.5. The van der Waals surface area contributed by atoms with Gasteiger partial charge in [-0.15, -0.1) is 11.6 Å². The van der Waals surface area contributed by atoms with Gasteiger partial charge in [-0.2, -0.15) is 0 Å². The molecule has 76 valence electrons. The Bertz CT molecular complexity index is 315. The van der Waals surface area contributed by atoms with Gasteiger partial charge in [0.1, 0.15) is 0 Å². The fourth-order valence-electron chi connectivity index (χ4n) is 1.08. The van der Waals surface area contributed by atoms with E-state index in [1.807, 2.05) is 12.1 Å². The van der Waals surface area contributed by atoms with Gasteiger partial charge in [0, 0.05) is 24.5 Å². The smallest absolute Gasteiger partial charge is 0.251 e.